The molecular formula is C25H24N2O3S2. The zero-order chi connectivity index (χ0) is 22.9. The fourth-order valence-electron chi connectivity index (χ4n) is 3.41. The van der Waals surface area contributed by atoms with Gasteiger partial charge in [0.2, 0.25) is 0 Å². The summed E-state index contributed by atoms with van der Waals surface area (Å²) in [5, 5.41) is 0.963. The molecule has 0 unspecified atom stereocenters. The van der Waals surface area contributed by atoms with E-state index in [-0.39, 0.29) is 4.90 Å². The van der Waals surface area contributed by atoms with Crippen molar-refractivity contribution in [1.82, 2.24) is 4.98 Å². The molecule has 4 rings (SSSR count). The lowest BCUT2D eigenvalue weighted by atomic mass is 10.1. The van der Waals surface area contributed by atoms with Crippen molar-refractivity contribution in [3.8, 4) is 27.6 Å². The first-order chi connectivity index (χ1) is 15.3. The maximum Gasteiger partial charge on any atom is 0.265 e. The van der Waals surface area contributed by atoms with Crippen LogP contribution in [0.1, 0.15) is 16.0 Å². The van der Waals surface area contributed by atoms with Gasteiger partial charge in [0.15, 0.2) is 0 Å². The van der Waals surface area contributed by atoms with E-state index in [9.17, 15) is 8.42 Å². The predicted molar refractivity (Wildman–Crippen MR) is 131 cm³/mol. The Morgan fingerprint density at radius 1 is 0.875 bits per heavy atom. The van der Waals surface area contributed by atoms with E-state index in [0.29, 0.717) is 11.4 Å². The van der Waals surface area contributed by atoms with Crippen LogP contribution in [-0.4, -0.2) is 20.5 Å². The second-order valence-corrected chi connectivity index (χ2v) is 10.4. The van der Waals surface area contributed by atoms with E-state index in [0.717, 1.165) is 37.8 Å². The van der Waals surface area contributed by atoms with E-state index in [2.05, 4.69) is 4.72 Å². The van der Waals surface area contributed by atoms with Crippen LogP contribution in [0.5, 0.6) is 5.75 Å². The SMILES string of the molecule is COc1cc(C)c(C)cc1S(=O)(=O)Nc1ccc(-c2nc(-c3ccccc3)sc2C)cc1. The van der Waals surface area contributed by atoms with Gasteiger partial charge in [-0.2, -0.15) is 0 Å². The minimum atomic E-state index is -3.80. The Hall–Kier alpha value is -3.16. The van der Waals surface area contributed by atoms with Crippen LogP contribution >= 0.6 is 11.3 Å². The summed E-state index contributed by atoms with van der Waals surface area (Å²) < 4.78 is 34.0. The summed E-state index contributed by atoms with van der Waals surface area (Å²) >= 11 is 1.64. The van der Waals surface area contributed by atoms with Crippen molar-refractivity contribution in [1.29, 1.82) is 0 Å². The maximum absolute atomic E-state index is 13.0. The van der Waals surface area contributed by atoms with Crippen LogP contribution in [0.15, 0.2) is 71.6 Å². The molecule has 7 heteroatoms. The number of hydrogen-bond acceptors (Lipinski definition) is 5. The Balaban J connectivity index is 1.60. The molecule has 1 heterocycles. The van der Waals surface area contributed by atoms with E-state index >= 15 is 0 Å². The smallest absolute Gasteiger partial charge is 0.265 e. The van der Waals surface area contributed by atoms with Crippen LogP contribution in [0, 0.1) is 20.8 Å². The van der Waals surface area contributed by atoms with Crippen LogP contribution in [0.2, 0.25) is 0 Å². The Labute approximate surface area is 192 Å². The van der Waals surface area contributed by atoms with Gasteiger partial charge in [-0.1, -0.05) is 42.5 Å². The highest BCUT2D eigenvalue weighted by atomic mass is 32.2. The average molecular weight is 465 g/mol. The van der Waals surface area contributed by atoms with E-state index in [1.54, 1.807) is 35.6 Å². The van der Waals surface area contributed by atoms with Crippen molar-refractivity contribution in [2.24, 2.45) is 0 Å². The summed E-state index contributed by atoms with van der Waals surface area (Å²) in [5.74, 6) is 0.323. The fraction of sp³-hybridized carbons (Fsp3) is 0.160. The molecule has 164 valence electrons. The standard InChI is InChI=1S/C25H24N2O3S2/c1-16-14-22(30-4)23(15-17(16)2)32(28,29)27-21-12-10-19(11-13-21)24-18(3)31-25(26-24)20-8-6-5-7-9-20/h5-15,27H,1-4H3. The van der Waals surface area contributed by atoms with Gasteiger partial charge in [0.1, 0.15) is 15.7 Å². The minimum Gasteiger partial charge on any atom is -0.495 e. The summed E-state index contributed by atoms with van der Waals surface area (Å²) in [6, 6.07) is 20.7. The van der Waals surface area contributed by atoms with Crippen molar-refractivity contribution in [2.45, 2.75) is 25.7 Å². The molecule has 0 aliphatic rings. The first kappa shape index (κ1) is 22.0. The van der Waals surface area contributed by atoms with Crippen LogP contribution in [0.4, 0.5) is 5.69 Å². The molecule has 0 amide bonds. The highest BCUT2D eigenvalue weighted by molar-refractivity contribution is 7.92. The number of nitrogens with zero attached hydrogens (tertiary/aromatic N) is 1. The molecule has 1 N–H and O–H groups in total. The number of ether oxygens (including phenoxy) is 1. The van der Waals surface area contributed by atoms with Crippen LogP contribution in [-0.2, 0) is 10.0 Å². The van der Waals surface area contributed by atoms with Crippen molar-refractivity contribution >= 4 is 27.0 Å². The lowest BCUT2D eigenvalue weighted by Gasteiger charge is -2.14. The highest BCUT2D eigenvalue weighted by Gasteiger charge is 2.21. The van der Waals surface area contributed by atoms with Gasteiger partial charge >= 0.3 is 0 Å². The molecule has 0 bridgehead atoms. The molecule has 0 saturated carbocycles. The Morgan fingerprint density at radius 2 is 1.53 bits per heavy atom. The van der Waals surface area contributed by atoms with Gasteiger partial charge in [-0.15, -0.1) is 11.3 Å². The first-order valence-corrected chi connectivity index (χ1v) is 12.4. The van der Waals surface area contributed by atoms with Crippen LogP contribution in [0.25, 0.3) is 21.8 Å². The number of hydrogen-bond donors (Lipinski definition) is 1. The number of sulfonamides is 1. The summed E-state index contributed by atoms with van der Waals surface area (Å²) in [4.78, 5) is 6.03. The van der Waals surface area contributed by atoms with E-state index in [1.807, 2.05) is 63.2 Å². The second-order valence-electron chi connectivity index (χ2n) is 7.56. The number of aryl methyl sites for hydroxylation is 3. The maximum atomic E-state index is 13.0. The zero-order valence-corrected chi connectivity index (χ0v) is 20.0. The Bertz CT molecular complexity index is 1360. The van der Waals surface area contributed by atoms with E-state index < -0.39 is 10.0 Å². The lowest BCUT2D eigenvalue weighted by molar-refractivity contribution is 0.402. The molecule has 1 aromatic heterocycles. The molecule has 0 aliphatic carbocycles. The monoisotopic (exact) mass is 464 g/mol. The van der Waals surface area contributed by atoms with E-state index in [1.165, 1.54) is 7.11 Å². The molecule has 0 atom stereocenters. The molecule has 0 saturated heterocycles. The number of thiazole rings is 1. The van der Waals surface area contributed by atoms with Crippen LogP contribution < -0.4 is 9.46 Å². The Morgan fingerprint density at radius 3 is 2.19 bits per heavy atom. The molecule has 5 nitrogen and oxygen atoms in total. The third kappa shape index (κ3) is 4.40. The fourth-order valence-corrected chi connectivity index (χ4v) is 5.64. The van der Waals surface area contributed by atoms with Crippen molar-refractivity contribution in [2.75, 3.05) is 11.8 Å². The summed E-state index contributed by atoms with van der Waals surface area (Å²) in [6.07, 6.45) is 0. The zero-order valence-electron chi connectivity index (χ0n) is 18.3. The number of methoxy groups -OCH3 is 1. The van der Waals surface area contributed by atoms with E-state index in [4.69, 9.17) is 9.72 Å². The lowest BCUT2D eigenvalue weighted by Crippen LogP contribution is -2.14. The van der Waals surface area contributed by atoms with Crippen molar-refractivity contribution < 1.29 is 13.2 Å². The Kier molecular flexibility index (Phi) is 6.04. The topological polar surface area (TPSA) is 68.3 Å². The largest absolute Gasteiger partial charge is 0.495 e. The molecule has 0 spiro atoms. The third-order valence-corrected chi connectivity index (χ3v) is 7.72. The predicted octanol–water partition coefficient (Wildman–Crippen LogP) is 6.21. The minimum absolute atomic E-state index is 0.120. The highest BCUT2D eigenvalue weighted by Crippen LogP contribution is 2.34. The van der Waals surface area contributed by atoms with Crippen LogP contribution in [0.3, 0.4) is 0 Å². The molecule has 0 fully saturated rings. The van der Waals surface area contributed by atoms with Gasteiger partial charge in [0.05, 0.1) is 12.8 Å². The summed E-state index contributed by atoms with van der Waals surface area (Å²) in [7, 11) is -2.33. The average Bonchev–Trinajstić information content (AvgIpc) is 3.17. The van der Waals surface area contributed by atoms with Gasteiger partial charge in [0.25, 0.3) is 10.0 Å². The van der Waals surface area contributed by atoms with Gasteiger partial charge < -0.3 is 4.74 Å². The summed E-state index contributed by atoms with van der Waals surface area (Å²) in [6.45, 7) is 5.84. The molecule has 0 aliphatic heterocycles. The quantitative estimate of drug-likeness (QED) is 0.368. The van der Waals surface area contributed by atoms with Gasteiger partial charge in [-0.25, -0.2) is 13.4 Å². The molecular weight excluding hydrogens is 440 g/mol. The number of nitrogens with one attached hydrogen (secondary N) is 1. The number of rotatable bonds is 6. The molecule has 32 heavy (non-hydrogen) atoms. The third-order valence-electron chi connectivity index (χ3n) is 5.30. The van der Waals surface area contributed by atoms with Gasteiger partial charge in [-0.05, 0) is 56.2 Å². The molecule has 0 radical (unpaired) electrons. The van der Waals surface area contributed by atoms with Crippen molar-refractivity contribution in [3.63, 3.8) is 0 Å². The van der Waals surface area contributed by atoms with Gasteiger partial charge in [0, 0.05) is 21.7 Å². The number of aromatic nitrogens is 1. The van der Waals surface area contributed by atoms with Crippen molar-refractivity contribution in [3.05, 3.63) is 82.7 Å². The number of anilines is 1. The summed E-state index contributed by atoms with van der Waals surface area (Å²) in [5.41, 5.74) is 5.25. The number of benzene rings is 3. The normalized spacial score (nSPS) is 11.4. The second kappa shape index (κ2) is 8.76. The molecule has 3 aromatic carbocycles. The first-order valence-electron chi connectivity index (χ1n) is 10.1. The van der Waals surface area contributed by atoms with Gasteiger partial charge in [-0.3, -0.25) is 4.72 Å². The molecule has 4 aromatic rings.